The molecule has 82 valence electrons. The maximum atomic E-state index is 12.1. The zero-order valence-electron chi connectivity index (χ0n) is 8.65. The number of hydrogen-bond donors (Lipinski definition) is 0. The Morgan fingerprint density at radius 3 is 3.13 bits per heavy atom. The lowest BCUT2D eigenvalue weighted by Gasteiger charge is -2.24. The summed E-state index contributed by atoms with van der Waals surface area (Å²) in [7, 11) is 0. The molecule has 1 aliphatic rings. The molecule has 1 aromatic rings. The van der Waals surface area contributed by atoms with E-state index in [1.54, 1.807) is 11.3 Å². The van der Waals surface area contributed by atoms with Crippen LogP contribution in [-0.4, -0.2) is 28.7 Å². The number of halogens is 1. The molecule has 1 aliphatic heterocycles. The summed E-state index contributed by atoms with van der Waals surface area (Å²) in [6.07, 6.45) is 1.12. The van der Waals surface area contributed by atoms with Crippen LogP contribution in [0.3, 0.4) is 0 Å². The number of carbonyl (C=O) groups is 1. The zero-order valence-corrected chi connectivity index (χ0v) is 11.1. The quantitative estimate of drug-likeness (QED) is 0.766. The van der Waals surface area contributed by atoms with E-state index in [1.807, 2.05) is 21.7 Å². The first-order valence-corrected chi connectivity index (χ1v) is 7.19. The van der Waals surface area contributed by atoms with Crippen molar-refractivity contribution >= 4 is 33.2 Å². The van der Waals surface area contributed by atoms with E-state index in [9.17, 15) is 4.79 Å². The monoisotopic (exact) mass is 287 g/mol. The van der Waals surface area contributed by atoms with Gasteiger partial charge in [0.2, 0.25) is 0 Å². The molecule has 15 heavy (non-hydrogen) atoms. The van der Waals surface area contributed by atoms with E-state index in [0.717, 1.165) is 23.9 Å². The van der Waals surface area contributed by atoms with Crippen LogP contribution in [0.1, 0.15) is 23.7 Å². The molecule has 2 unspecified atom stereocenters. The Kier molecular flexibility index (Phi) is 3.46. The van der Waals surface area contributed by atoms with Gasteiger partial charge in [0.15, 0.2) is 0 Å². The Morgan fingerprint density at radius 2 is 2.53 bits per heavy atom. The summed E-state index contributed by atoms with van der Waals surface area (Å²) in [4.78, 5) is 14.1. The summed E-state index contributed by atoms with van der Waals surface area (Å²) in [5.74, 6) is 0.789. The fraction of sp³-hybridized carbons (Fsp3) is 0.545. The lowest BCUT2D eigenvalue weighted by atomic mass is 10.1. The first kappa shape index (κ1) is 11.1. The summed E-state index contributed by atoms with van der Waals surface area (Å²) in [5.41, 5.74) is 0.833. The molecule has 2 rings (SSSR count). The van der Waals surface area contributed by atoms with Gasteiger partial charge in [-0.1, -0.05) is 22.9 Å². The van der Waals surface area contributed by atoms with E-state index in [1.165, 1.54) is 0 Å². The highest BCUT2D eigenvalue weighted by Crippen LogP contribution is 2.27. The fourth-order valence-electron chi connectivity index (χ4n) is 2.05. The maximum absolute atomic E-state index is 12.1. The molecule has 0 aliphatic carbocycles. The van der Waals surface area contributed by atoms with Crippen molar-refractivity contribution in [2.75, 3.05) is 11.9 Å². The highest BCUT2D eigenvalue weighted by atomic mass is 79.9. The number of likely N-dealkylation sites (tertiary alicyclic amines) is 1. The molecule has 4 heteroatoms. The molecule has 0 radical (unpaired) electrons. The number of hydrogen-bond acceptors (Lipinski definition) is 2. The second kappa shape index (κ2) is 4.66. The van der Waals surface area contributed by atoms with E-state index in [-0.39, 0.29) is 5.91 Å². The van der Waals surface area contributed by atoms with Gasteiger partial charge in [-0.15, -0.1) is 0 Å². The normalized spacial score (nSPS) is 25.9. The van der Waals surface area contributed by atoms with Gasteiger partial charge in [-0.3, -0.25) is 4.79 Å². The van der Waals surface area contributed by atoms with Crippen molar-refractivity contribution in [1.82, 2.24) is 4.90 Å². The number of carbonyl (C=O) groups excluding carboxylic acids is 1. The molecule has 0 N–H and O–H groups in total. The number of nitrogens with zero attached hydrogens (tertiary/aromatic N) is 1. The number of thiophene rings is 1. The molecule has 2 nitrogen and oxygen atoms in total. The van der Waals surface area contributed by atoms with Crippen LogP contribution in [0.25, 0.3) is 0 Å². The first-order chi connectivity index (χ1) is 7.24. The molecule has 0 saturated carbocycles. The topological polar surface area (TPSA) is 20.3 Å². The van der Waals surface area contributed by atoms with Crippen molar-refractivity contribution in [3.05, 3.63) is 22.4 Å². The van der Waals surface area contributed by atoms with Gasteiger partial charge in [0.25, 0.3) is 5.91 Å². The molecule has 2 atom stereocenters. The molecule has 1 saturated heterocycles. The second-order valence-electron chi connectivity index (χ2n) is 4.00. The Morgan fingerprint density at radius 1 is 1.73 bits per heavy atom. The molecule has 0 aromatic carbocycles. The summed E-state index contributed by atoms with van der Waals surface area (Å²) in [6.45, 7) is 3.11. The third-order valence-electron chi connectivity index (χ3n) is 3.07. The Balaban J connectivity index is 2.14. The molecule has 1 fully saturated rings. The van der Waals surface area contributed by atoms with E-state index in [0.29, 0.717) is 12.0 Å². The summed E-state index contributed by atoms with van der Waals surface area (Å²) < 4.78 is 0. The van der Waals surface area contributed by atoms with Crippen molar-refractivity contribution in [1.29, 1.82) is 0 Å². The minimum atomic E-state index is 0.185. The van der Waals surface area contributed by atoms with Gasteiger partial charge in [-0.2, -0.15) is 11.3 Å². The van der Waals surface area contributed by atoms with Gasteiger partial charge in [0, 0.05) is 23.3 Å². The van der Waals surface area contributed by atoms with Crippen molar-refractivity contribution < 1.29 is 4.79 Å². The van der Waals surface area contributed by atoms with Crippen LogP contribution in [-0.2, 0) is 0 Å². The summed E-state index contributed by atoms with van der Waals surface area (Å²) in [5, 5.41) is 4.76. The zero-order chi connectivity index (χ0) is 10.8. The molecule has 2 heterocycles. The minimum Gasteiger partial charge on any atom is -0.335 e. The summed E-state index contributed by atoms with van der Waals surface area (Å²) >= 11 is 5.07. The van der Waals surface area contributed by atoms with Gasteiger partial charge < -0.3 is 4.90 Å². The molecular formula is C11H14BrNOS. The van der Waals surface area contributed by atoms with Crippen LogP contribution in [0.5, 0.6) is 0 Å². The minimum absolute atomic E-state index is 0.185. The van der Waals surface area contributed by atoms with Gasteiger partial charge >= 0.3 is 0 Å². The van der Waals surface area contributed by atoms with Crippen LogP contribution in [0, 0.1) is 5.92 Å². The van der Waals surface area contributed by atoms with Gasteiger partial charge in [-0.25, -0.2) is 0 Å². The molecule has 0 spiro atoms. The summed E-state index contributed by atoms with van der Waals surface area (Å²) in [6, 6.07) is 2.26. The average Bonchev–Trinajstić information content (AvgIpc) is 2.85. The number of alkyl halides is 1. The van der Waals surface area contributed by atoms with Crippen LogP contribution >= 0.6 is 27.3 Å². The van der Waals surface area contributed by atoms with Gasteiger partial charge in [0.05, 0.1) is 5.56 Å². The van der Waals surface area contributed by atoms with E-state index in [2.05, 4.69) is 22.9 Å². The van der Waals surface area contributed by atoms with Gasteiger partial charge in [-0.05, 0) is 23.8 Å². The third kappa shape index (κ3) is 2.11. The van der Waals surface area contributed by atoms with E-state index >= 15 is 0 Å². The predicted molar refractivity (Wildman–Crippen MR) is 66.7 cm³/mol. The highest BCUT2D eigenvalue weighted by molar-refractivity contribution is 9.09. The SMILES string of the molecule is CC1CCN(C(=O)c2ccsc2)C1CBr. The highest BCUT2D eigenvalue weighted by Gasteiger charge is 2.33. The van der Waals surface area contributed by atoms with Gasteiger partial charge in [0.1, 0.15) is 0 Å². The Hall–Kier alpha value is -0.350. The first-order valence-electron chi connectivity index (χ1n) is 5.13. The average molecular weight is 288 g/mol. The smallest absolute Gasteiger partial charge is 0.254 e. The standard InChI is InChI=1S/C11H14BrNOS/c1-8-2-4-13(10(8)6-12)11(14)9-3-5-15-7-9/h3,5,7-8,10H,2,4,6H2,1H3. The lowest BCUT2D eigenvalue weighted by Crippen LogP contribution is -2.38. The van der Waals surface area contributed by atoms with Crippen molar-refractivity contribution in [2.24, 2.45) is 5.92 Å². The Labute approximate surface area is 102 Å². The van der Waals surface area contributed by atoms with E-state index < -0.39 is 0 Å². The van der Waals surface area contributed by atoms with Crippen LogP contribution in [0.2, 0.25) is 0 Å². The van der Waals surface area contributed by atoms with E-state index in [4.69, 9.17) is 0 Å². The lowest BCUT2D eigenvalue weighted by molar-refractivity contribution is 0.0739. The van der Waals surface area contributed by atoms with Crippen molar-refractivity contribution in [3.8, 4) is 0 Å². The molecule has 1 aromatic heterocycles. The third-order valence-corrected chi connectivity index (χ3v) is 4.42. The second-order valence-corrected chi connectivity index (χ2v) is 5.43. The molecule has 1 amide bonds. The maximum Gasteiger partial charge on any atom is 0.254 e. The Bertz CT molecular complexity index is 338. The predicted octanol–water partition coefficient (Wildman–Crippen LogP) is 2.99. The van der Waals surface area contributed by atoms with Crippen LogP contribution < -0.4 is 0 Å². The number of rotatable bonds is 2. The largest absolute Gasteiger partial charge is 0.335 e. The number of amides is 1. The van der Waals surface area contributed by atoms with Crippen LogP contribution in [0.4, 0.5) is 0 Å². The van der Waals surface area contributed by atoms with Crippen molar-refractivity contribution in [2.45, 2.75) is 19.4 Å². The molecular weight excluding hydrogens is 274 g/mol. The molecule has 0 bridgehead atoms. The fourth-order valence-corrected chi connectivity index (χ4v) is 3.67. The van der Waals surface area contributed by atoms with Crippen LogP contribution in [0.15, 0.2) is 16.8 Å². The van der Waals surface area contributed by atoms with Crippen molar-refractivity contribution in [3.63, 3.8) is 0 Å².